The number of nitrogens with zero attached hydrogens (tertiary/aromatic N) is 2. The lowest BCUT2D eigenvalue weighted by molar-refractivity contribution is 0.592. The molecule has 2 N–H and O–H groups in total. The molecule has 0 fully saturated rings. The van der Waals surface area contributed by atoms with Crippen molar-refractivity contribution in [2.45, 2.75) is 26.2 Å². The molecule has 0 amide bonds. The van der Waals surface area contributed by atoms with Gasteiger partial charge < -0.3 is 5.73 Å². The zero-order chi connectivity index (χ0) is 10.3. The Hall–Kier alpha value is -1.51. The molecule has 3 heteroatoms. The van der Waals surface area contributed by atoms with Gasteiger partial charge in [0, 0.05) is 12.3 Å². The van der Waals surface area contributed by atoms with E-state index in [1.165, 1.54) is 5.56 Å². The van der Waals surface area contributed by atoms with Gasteiger partial charge in [0.25, 0.3) is 0 Å². The molecule has 2 aromatic heterocycles. The topological polar surface area (TPSA) is 43.3 Å². The molecule has 0 saturated heterocycles. The SMILES string of the molecule is CC(C)(C)c1cccn2nc(N)cc12. The quantitative estimate of drug-likeness (QED) is 0.690. The van der Waals surface area contributed by atoms with E-state index in [9.17, 15) is 0 Å². The summed E-state index contributed by atoms with van der Waals surface area (Å²) in [4.78, 5) is 0. The lowest BCUT2D eigenvalue weighted by atomic mass is 9.87. The molecule has 0 spiro atoms. The van der Waals surface area contributed by atoms with Gasteiger partial charge in [-0.25, -0.2) is 4.52 Å². The Morgan fingerprint density at radius 2 is 2.07 bits per heavy atom. The van der Waals surface area contributed by atoms with Gasteiger partial charge in [0.05, 0.1) is 5.52 Å². The van der Waals surface area contributed by atoms with Crippen LogP contribution in [0, 0.1) is 0 Å². The molecule has 0 radical (unpaired) electrons. The van der Waals surface area contributed by atoms with E-state index >= 15 is 0 Å². The molecule has 3 nitrogen and oxygen atoms in total. The first-order valence-corrected chi connectivity index (χ1v) is 4.73. The second kappa shape index (κ2) is 2.74. The Morgan fingerprint density at radius 3 is 2.71 bits per heavy atom. The summed E-state index contributed by atoms with van der Waals surface area (Å²) < 4.78 is 1.83. The van der Waals surface area contributed by atoms with Crippen molar-refractivity contribution in [2.24, 2.45) is 0 Å². The maximum Gasteiger partial charge on any atom is 0.146 e. The van der Waals surface area contributed by atoms with E-state index in [1.807, 2.05) is 22.8 Å². The van der Waals surface area contributed by atoms with Gasteiger partial charge in [0.1, 0.15) is 5.82 Å². The Balaban J connectivity index is 2.77. The Bertz CT molecular complexity index is 463. The maximum atomic E-state index is 5.67. The van der Waals surface area contributed by atoms with Gasteiger partial charge >= 0.3 is 0 Å². The van der Waals surface area contributed by atoms with Crippen LogP contribution in [0.4, 0.5) is 5.82 Å². The fourth-order valence-electron chi connectivity index (χ4n) is 1.67. The standard InChI is InChI=1S/C11H15N3/c1-11(2,3)8-5-4-6-14-9(8)7-10(12)13-14/h4-7H,1-3H3,(H2,12,13). The van der Waals surface area contributed by atoms with E-state index in [2.05, 4.69) is 31.9 Å². The largest absolute Gasteiger partial charge is 0.382 e. The van der Waals surface area contributed by atoms with Crippen LogP contribution >= 0.6 is 0 Å². The monoisotopic (exact) mass is 189 g/mol. The van der Waals surface area contributed by atoms with Crippen LogP contribution in [0.5, 0.6) is 0 Å². The van der Waals surface area contributed by atoms with Crippen molar-refractivity contribution in [1.29, 1.82) is 0 Å². The van der Waals surface area contributed by atoms with Gasteiger partial charge in [-0.2, -0.15) is 5.10 Å². The van der Waals surface area contributed by atoms with Gasteiger partial charge in [-0.3, -0.25) is 0 Å². The molecule has 74 valence electrons. The molecule has 0 unspecified atom stereocenters. The fraction of sp³-hybridized carbons (Fsp3) is 0.364. The predicted octanol–water partition coefficient (Wildman–Crippen LogP) is 2.21. The molecular formula is C11H15N3. The summed E-state index contributed by atoms with van der Waals surface area (Å²) in [6.07, 6.45) is 1.92. The maximum absolute atomic E-state index is 5.67. The zero-order valence-electron chi connectivity index (χ0n) is 8.78. The minimum atomic E-state index is 0.120. The molecule has 0 aromatic carbocycles. The highest BCUT2D eigenvalue weighted by Crippen LogP contribution is 2.26. The van der Waals surface area contributed by atoms with E-state index in [1.54, 1.807) is 0 Å². The predicted molar refractivity (Wildman–Crippen MR) is 58.3 cm³/mol. The average molecular weight is 189 g/mol. The molecule has 2 aromatic rings. The first kappa shape index (κ1) is 9.06. The third-order valence-electron chi connectivity index (χ3n) is 2.33. The lowest BCUT2D eigenvalue weighted by Crippen LogP contribution is -2.12. The van der Waals surface area contributed by atoms with Crippen molar-refractivity contribution in [1.82, 2.24) is 9.61 Å². The highest BCUT2D eigenvalue weighted by atomic mass is 15.2. The van der Waals surface area contributed by atoms with E-state index in [4.69, 9.17) is 5.73 Å². The molecule has 2 heterocycles. The Labute approximate surface area is 83.5 Å². The van der Waals surface area contributed by atoms with Crippen LogP contribution in [-0.4, -0.2) is 9.61 Å². The molecule has 0 atom stereocenters. The minimum absolute atomic E-state index is 0.120. The van der Waals surface area contributed by atoms with E-state index in [0.717, 1.165) is 5.52 Å². The second-order valence-electron chi connectivity index (χ2n) is 4.57. The Kier molecular flexibility index (Phi) is 1.77. The van der Waals surface area contributed by atoms with Crippen molar-refractivity contribution >= 4 is 11.3 Å². The zero-order valence-corrected chi connectivity index (χ0v) is 8.78. The van der Waals surface area contributed by atoms with E-state index in [0.29, 0.717) is 5.82 Å². The van der Waals surface area contributed by atoms with Crippen LogP contribution < -0.4 is 5.73 Å². The molecule has 0 aliphatic heterocycles. The van der Waals surface area contributed by atoms with Gasteiger partial charge in [0.15, 0.2) is 0 Å². The summed E-state index contributed by atoms with van der Waals surface area (Å²) in [5.41, 5.74) is 8.15. The molecular weight excluding hydrogens is 174 g/mol. The number of hydrogen-bond donors (Lipinski definition) is 1. The van der Waals surface area contributed by atoms with Crippen LogP contribution in [0.25, 0.3) is 5.52 Å². The van der Waals surface area contributed by atoms with Gasteiger partial charge in [0.2, 0.25) is 0 Å². The number of hydrogen-bond acceptors (Lipinski definition) is 2. The van der Waals surface area contributed by atoms with Crippen LogP contribution in [0.2, 0.25) is 0 Å². The second-order valence-corrected chi connectivity index (χ2v) is 4.57. The highest BCUT2D eigenvalue weighted by molar-refractivity contribution is 5.61. The number of pyridine rings is 1. The molecule has 0 saturated carbocycles. The summed E-state index contributed by atoms with van der Waals surface area (Å²) >= 11 is 0. The summed E-state index contributed by atoms with van der Waals surface area (Å²) in [6, 6.07) is 6.04. The first-order chi connectivity index (χ1) is 6.48. The van der Waals surface area contributed by atoms with Crippen LogP contribution in [-0.2, 0) is 5.41 Å². The van der Waals surface area contributed by atoms with Gasteiger partial charge in [-0.05, 0) is 17.0 Å². The number of nitrogens with two attached hydrogens (primary N) is 1. The number of fused-ring (bicyclic) bond motifs is 1. The van der Waals surface area contributed by atoms with E-state index < -0.39 is 0 Å². The summed E-state index contributed by atoms with van der Waals surface area (Å²) in [5, 5.41) is 4.18. The average Bonchev–Trinajstić information content (AvgIpc) is 2.41. The number of aromatic nitrogens is 2. The smallest absolute Gasteiger partial charge is 0.146 e. The summed E-state index contributed by atoms with van der Waals surface area (Å²) in [5.74, 6) is 0.571. The van der Waals surface area contributed by atoms with Gasteiger partial charge in [-0.1, -0.05) is 26.8 Å². The Morgan fingerprint density at radius 1 is 1.36 bits per heavy atom. The number of rotatable bonds is 0. The van der Waals surface area contributed by atoms with Crippen LogP contribution in [0.1, 0.15) is 26.3 Å². The normalized spacial score (nSPS) is 12.2. The minimum Gasteiger partial charge on any atom is -0.382 e. The van der Waals surface area contributed by atoms with Crippen molar-refractivity contribution in [2.75, 3.05) is 5.73 Å². The van der Waals surface area contributed by atoms with Crippen LogP contribution in [0.3, 0.4) is 0 Å². The fourth-order valence-corrected chi connectivity index (χ4v) is 1.67. The van der Waals surface area contributed by atoms with E-state index in [-0.39, 0.29) is 5.41 Å². The molecule has 0 aliphatic rings. The van der Waals surface area contributed by atoms with Crippen molar-refractivity contribution in [3.63, 3.8) is 0 Å². The van der Waals surface area contributed by atoms with Gasteiger partial charge in [-0.15, -0.1) is 0 Å². The third-order valence-corrected chi connectivity index (χ3v) is 2.33. The molecule has 14 heavy (non-hydrogen) atoms. The summed E-state index contributed by atoms with van der Waals surface area (Å²) in [6.45, 7) is 6.56. The molecule has 0 bridgehead atoms. The number of anilines is 1. The van der Waals surface area contributed by atoms with Crippen LogP contribution in [0.15, 0.2) is 24.4 Å². The summed E-state index contributed by atoms with van der Waals surface area (Å²) in [7, 11) is 0. The third kappa shape index (κ3) is 1.35. The molecule has 2 rings (SSSR count). The first-order valence-electron chi connectivity index (χ1n) is 4.73. The molecule has 0 aliphatic carbocycles. The van der Waals surface area contributed by atoms with Crippen molar-refractivity contribution in [3.8, 4) is 0 Å². The highest BCUT2D eigenvalue weighted by Gasteiger charge is 2.17. The number of nitrogen functional groups attached to an aromatic ring is 1. The lowest BCUT2D eigenvalue weighted by Gasteiger charge is -2.19. The van der Waals surface area contributed by atoms with Crippen molar-refractivity contribution in [3.05, 3.63) is 30.0 Å². The van der Waals surface area contributed by atoms with Crippen molar-refractivity contribution < 1.29 is 0 Å².